The van der Waals surface area contributed by atoms with E-state index in [1.165, 1.54) is 0 Å². The summed E-state index contributed by atoms with van der Waals surface area (Å²) in [6.07, 6.45) is 4.09. The van der Waals surface area contributed by atoms with Gasteiger partial charge < -0.3 is 9.47 Å². The Morgan fingerprint density at radius 1 is 1.00 bits per heavy atom. The molecule has 18 heavy (non-hydrogen) atoms. The molecule has 0 N–H and O–H groups in total. The molecule has 0 unspecified atom stereocenters. The molecule has 0 saturated carbocycles. The van der Waals surface area contributed by atoms with Gasteiger partial charge in [-0.05, 0) is 37.1 Å². The van der Waals surface area contributed by atoms with Crippen LogP contribution in [0.5, 0.6) is 5.75 Å². The summed E-state index contributed by atoms with van der Waals surface area (Å²) in [5.74, 6) is 0.539. The van der Waals surface area contributed by atoms with Crippen molar-refractivity contribution in [1.29, 1.82) is 0 Å². The van der Waals surface area contributed by atoms with Crippen LogP contribution in [-0.4, -0.2) is 19.2 Å². The van der Waals surface area contributed by atoms with Gasteiger partial charge in [0.2, 0.25) is 0 Å². The first-order valence-corrected chi connectivity index (χ1v) is 6.68. The van der Waals surface area contributed by atoms with E-state index in [9.17, 15) is 4.79 Å². The molecule has 1 aromatic rings. The van der Waals surface area contributed by atoms with E-state index >= 15 is 0 Å². The predicted octanol–water partition coefficient (Wildman–Crippen LogP) is 3.82. The van der Waals surface area contributed by atoms with Gasteiger partial charge >= 0.3 is 5.97 Å². The number of carbonyl (C=O) groups excluding carboxylic acids is 1. The molecule has 0 aliphatic heterocycles. The summed E-state index contributed by atoms with van der Waals surface area (Å²) < 4.78 is 10.7. The molecule has 1 aromatic carbocycles. The molecule has 0 spiro atoms. The minimum atomic E-state index is -0.261. The number of rotatable bonds is 8. The van der Waals surface area contributed by atoms with Crippen LogP contribution in [0.3, 0.4) is 0 Å². The Kier molecular flexibility index (Phi) is 6.92. The minimum Gasteiger partial charge on any atom is -0.494 e. The molecular weight excluding hydrogens is 228 g/mol. The molecule has 0 saturated heterocycles. The minimum absolute atomic E-state index is 0.261. The zero-order valence-corrected chi connectivity index (χ0v) is 11.3. The van der Waals surface area contributed by atoms with Crippen LogP contribution in [-0.2, 0) is 4.74 Å². The van der Waals surface area contributed by atoms with Gasteiger partial charge in [0.15, 0.2) is 0 Å². The summed E-state index contributed by atoms with van der Waals surface area (Å²) in [6.45, 7) is 5.40. The van der Waals surface area contributed by atoms with Crippen LogP contribution >= 0.6 is 0 Å². The Labute approximate surface area is 109 Å². The lowest BCUT2D eigenvalue weighted by Crippen LogP contribution is -2.06. The number of ether oxygens (including phenoxy) is 2. The standard InChI is InChI=1S/C15H22O3/c1-3-5-11-17-14-9-7-13(8-10-14)15(16)18-12-6-4-2/h7-10H,3-6,11-12H2,1-2H3. The van der Waals surface area contributed by atoms with Crippen LogP contribution < -0.4 is 4.74 Å². The zero-order chi connectivity index (χ0) is 13.2. The third-order valence-electron chi connectivity index (χ3n) is 2.59. The SMILES string of the molecule is CCCCOC(=O)c1ccc(OCCCC)cc1. The van der Waals surface area contributed by atoms with E-state index in [-0.39, 0.29) is 5.97 Å². The molecule has 0 aromatic heterocycles. The predicted molar refractivity (Wildman–Crippen MR) is 72.0 cm³/mol. The van der Waals surface area contributed by atoms with Crippen LogP contribution in [0.4, 0.5) is 0 Å². The van der Waals surface area contributed by atoms with Crippen molar-refractivity contribution in [2.24, 2.45) is 0 Å². The maximum Gasteiger partial charge on any atom is 0.338 e. The van der Waals surface area contributed by atoms with Gasteiger partial charge in [0, 0.05) is 0 Å². The van der Waals surface area contributed by atoms with Crippen LogP contribution in [0, 0.1) is 0 Å². The molecule has 0 amide bonds. The van der Waals surface area contributed by atoms with E-state index in [0.29, 0.717) is 12.2 Å². The second-order valence-corrected chi connectivity index (χ2v) is 4.22. The fourth-order valence-corrected chi connectivity index (χ4v) is 1.41. The van der Waals surface area contributed by atoms with Crippen molar-refractivity contribution in [3.63, 3.8) is 0 Å². The highest BCUT2D eigenvalue weighted by atomic mass is 16.5. The van der Waals surface area contributed by atoms with E-state index in [1.54, 1.807) is 12.1 Å². The van der Waals surface area contributed by atoms with Gasteiger partial charge in [-0.2, -0.15) is 0 Å². The molecule has 0 radical (unpaired) electrons. The van der Waals surface area contributed by atoms with Crippen molar-refractivity contribution < 1.29 is 14.3 Å². The van der Waals surface area contributed by atoms with Gasteiger partial charge in [0.05, 0.1) is 18.8 Å². The number of hydrogen-bond donors (Lipinski definition) is 0. The number of benzene rings is 1. The van der Waals surface area contributed by atoms with E-state index < -0.39 is 0 Å². The quantitative estimate of drug-likeness (QED) is 0.519. The molecule has 0 fully saturated rings. The van der Waals surface area contributed by atoms with Crippen LogP contribution in [0.2, 0.25) is 0 Å². The second kappa shape index (κ2) is 8.56. The maximum atomic E-state index is 11.6. The molecule has 0 aliphatic carbocycles. The van der Waals surface area contributed by atoms with Gasteiger partial charge in [-0.15, -0.1) is 0 Å². The lowest BCUT2D eigenvalue weighted by Gasteiger charge is -2.07. The highest BCUT2D eigenvalue weighted by Crippen LogP contribution is 2.13. The lowest BCUT2D eigenvalue weighted by molar-refractivity contribution is 0.0499. The van der Waals surface area contributed by atoms with Crippen molar-refractivity contribution in [3.05, 3.63) is 29.8 Å². The summed E-state index contributed by atoms with van der Waals surface area (Å²) in [5, 5.41) is 0. The Hall–Kier alpha value is -1.51. The highest BCUT2D eigenvalue weighted by molar-refractivity contribution is 5.89. The third kappa shape index (κ3) is 5.21. The average Bonchev–Trinajstić information content (AvgIpc) is 2.40. The normalized spacial score (nSPS) is 10.1. The first kappa shape index (κ1) is 14.6. The first-order chi connectivity index (χ1) is 8.77. The highest BCUT2D eigenvalue weighted by Gasteiger charge is 2.06. The van der Waals surface area contributed by atoms with Crippen molar-refractivity contribution in [1.82, 2.24) is 0 Å². The third-order valence-corrected chi connectivity index (χ3v) is 2.59. The number of carbonyl (C=O) groups is 1. The first-order valence-electron chi connectivity index (χ1n) is 6.68. The van der Waals surface area contributed by atoms with Crippen molar-refractivity contribution >= 4 is 5.97 Å². The topological polar surface area (TPSA) is 35.5 Å². The molecule has 0 aliphatic rings. The summed E-state index contributed by atoms with van der Waals surface area (Å²) in [4.78, 5) is 11.6. The van der Waals surface area contributed by atoms with E-state index in [4.69, 9.17) is 9.47 Å². The number of unbranched alkanes of at least 4 members (excludes halogenated alkanes) is 2. The van der Waals surface area contributed by atoms with E-state index in [0.717, 1.165) is 38.0 Å². The lowest BCUT2D eigenvalue weighted by atomic mass is 10.2. The summed E-state index contributed by atoms with van der Waals surface area (Å²) in [7, 11) is 0. The monoisotopic (exact) mass is 250 g/mol. The molecule has 0 heterocycles. The Bertz CT molecular complexity index is 343. The Morgan fingerprint density at radius 3 is 2.22 bits per heavy atom. The van der Waals surface area contributed by atoms with Crippen LogP contribution in [0.15, 0.2) is 24.3 Å². The Morgan fingerprint density at radius 2 is 1.61 bits per heavy atom. The van der Waals surface area contributed by atoms with E-state index in [1.807, 2.05) is 12.1 Å². The van der Waals surface area contributed by atoms with Crippen molar-refractivity contribution in [3.8, 4) is 5.75 Å². The van der Waals surface area contributed by atoms with Gasteiger partial charge in [-0.25, -0.2) is 4.79 Å². The fraction of sp³-hybridized carbons (Fsp3) is 0.533. The summed E-state index contributed by atoms with van der Waals surface area (Å²) in [6, 6.07) is 7.11. The van der Waals surface area contributed by atoms with Gasteiger partial charge in [-0.1, -0.05) is 26.7 Å². The van der Waals surface area contributed by atoms with Gasteiger partial charge in [0.25, 0.3) is 0 Å². The van der Waals surface area contributed by atoms with Crippen LogP contribution in [0.1, 0.15) is 49.9 Å². The number of esters is 1. The smallest absolute Gasteiger partial charge is 0.338 e. The fourth-order valence-electron chi connectivity index (χ4n) is 1.41. The average molecular weight is 250 g/mol. The Balaban J connectivity index is 2.41. The van der Waals surface area contributed by atoms with Crippen molar-refractivity contribution in [2.45, 2.75) is 39.5 Å². The molecule has 0 atom stereocenters. The van der Waals surface area contributed by atoms with Gasteiger partial charge in [0.1, 0.15) is 5.75 Å². The molecule has 1 rings (SSSR count). The molecule has 3 nitrogen and oxygen atoms in total. The summed E-state index contributed by atoms with van der Waals surface area (Å²) >= 11 is 0. The summed E-state index contributed by atoms with van der Waals surface area (Å²) in [5.41, 5.74) is 0.578. The van der Waals surface area contributed by atoms with E-state index in [2.05, 4.69) is 13.8 Å². The van der Waals surface area contributed by atoms with Gasteiger partial charge in [-0.3, -0.25) is 0 Å². The molecule has 3 heteroatoms. The zero-order valence-electron chi connectivity index (χ0n) is 11.3. The maximum absolute atomic E-state index is 11.6. The molecule has 100 valence electrons. The molecule has 0 bridgehead atoms. The van der Waals surface area contributed by atoms with Crippen LogP contribution in [0.25, 0.3) is 0 Å². The second-order valence-electron chi connectivity index (χ2n) is 4.22. The number of hydrogen-bond acceptors (Lipinski definition) is 3. The van der Waals surface area contributed by atoms with Crippen molar-refractivity contribution in [2.75, 3.05) is 13.2 Å². The largest absolute Gasteiger partial charge is 0.494 e. The molecular formula is C15H22O3.